The van der Waals surface area contributed by atoms with Crippen molar-refractivity contribution in [3.8, 4) is 0 Å². The van der Waals surface area contributed by atoms with Gasteiger partial charge in [0.25, 0.3) is 0 Å². The number of hydrogen-bond acceptors (Lipinski definition) is 0. The molecule has 80 valence electrons. The van der Waals surface area contributed by atoms with Crippen LogP contribution < -0.4 is 0 Å². The van der Waals surface area contributed by atoms with Crippen molar-refractivity contribution in [2.24, 2.45) is 0 Å². The summed E-state index contributed by atoms with van der Waals surface area (Å²) in [4.78, 5) is 0. The summed E-state index contributed by atoms with van der Waals surface area (Å²) in [5.74, 6) is 0. The van der Waals surface area contributed by atoms with E-state index in [-0.39, 0.29) is 0 Å². The Morgan fingerprint density at radius 2 is 0.875 bits per heavy atom. The van der Waals surface area contributed by atoms with Gasteiger partial charge in [0.1, 0.15) is 0 Å². The lowest BCUT2D eigenvalue weighted by Gasteiger charge is -2.10. The van der Waals surface area contributed by atoms with Gasteiger partial charge in [0, 0.05) is 0 Å². The second kappa shape index (κ2) is 3.10. The third-order valence-corrected chi connectivity index (χ3v) is 4.31. The van der Waals surface area contributed by atoms with Gasteiger partial charge in [0.15, 0.2) is 0 Å². The maximum atomic E-state index is 2.39. The standard InChI is InChI=1S/C16H16/c1-2-4-12-6-8-14-10-9-13-7-5-11(3-1)15(12)16(13)14/h5-8H,1-4,9-10H2. The summed E-state index contributed by atoms with van der Waals surface area (Å²) in [7, 11) is 0. The molecule has 0 saturated carbocycles. The van der Waals surface area contributed by atoms with Gasteiger partial charge < -0.3 is 0 Å². The van der Waals surface area contributed by atoms with Gasteiger partial charge in [-0.3, -0.25) is 0 Å². The van der Waals surface area contributed by atoms with Gasteiger partial charge in [-0.05, 0) is 71.6 Å². The van der Waals surface area contributed by atoms with Crippen LogP contribution in [0, 0.1) is 0 Å². The van der Waals surface area contributed by atoms with Crippen LogP contribution in [0.1, 0.15) is 35.1 Å². The summed E-state index contributed by atoms with van der Waals surface area (Å²) in [5, 5.41) is 3.25. The van der Waals surface area contributed by atoms with Crippen molar-refractivity contribution in [2.45, 2.75) is 38.5 Å². The maximum absolute atomic E-state index is 2.39. The van der Waals surface area contributed by atoms with Crippen LogP contribution in [0.3, 0.4) is 0 Å². The van der Waals surface area contributed by atoms with Crippen molar-refractivity contribution in [1.82, 2.24) is 0 Å². The largest absolute Gasteiger partial charge is 0.0581 e. The Labute approximate surface area is 96.3 Å². The van der Waals surface area contributed by atoms with E-state index in [1.54, 1.807) is 33.0 Å². The first-order chi connectivity index (χ1) is 7.93. The second-order valence-electron chi connectivity index (χ2n) is 5.22. The Balaban J connectivity index is 2.20. The molecule has 0 aromatic heterocycles. The summed E-state index contributed by atoms with van der Waals surface area (Å²) in [6.07, 6.45) is 7.81. The molecule has 0 heterocycles. The smallest absolute Gasteiger partial charge is 0.0114 e. The van der Waals surface area contributed by atoms with Gasteiger partial charge in [-0.25, -0.2) is 0 Å². The molecule has 0 nitrogen and oxygen atoms in total. The molecule has 2 aliphatic rings. The van der Waals surface area contributed by atoms with E-state index in [0.717, 1.165) is 0 Å². The van der Waals surface area contributed by atoms with E-state index in [2.05, 4.69) is 24.3 Å². The van der Waals surface area contributed by atoms with Crippen LogP contribution >= 0.6 is 0 Å². The molecule has 2 aliphatic carbocycles. The molecule has 0 heteroatoms. The van der Waals surface area contributed by atoms with Crippen LogP contribution in [0.15, 0.2) is 24.3 Å². The quantitative estimate of drug-likeness (QED) is 0.617. The van der Waals surface area contributed by atoms with E-state index in [1.807, 2.05) is 0 Å². The Bertz CT molecular complexity index is 529. The molecule has 2 aromatic carbocycles. The van der Waals surface area contributed by atoms with Gasteiger partial charge in [0.2, 0.25) is 0 Å². The molecule has 4 rings (SSSR count). The first-order valence-electron chi connectivity index (χ1n) is 6.49. The van der Waals surface area contributed by atoms with Crippen molar-refractivity contribution >= 4 is 10.8 Å². The molecular weight excluding hydrogens is 192 g/mol. The Hall–Kier alpha value is -1.30. The topological polar surface area (TPSA) is 0 Å². The Kier molecular flexibility index (Phi) is 1.71. The summed E-state index contributed by atoms with van der Waals surface area (Å²) >= 11 is 0. The van der Waals surface area contributed by atoms with Crippen molar-refractivity contribution in [3.63, 3.8) is 0 Å². The summed E-state index contributed by atoms with van der Waals surface area (Å²) in [6, 6.07) is 9.54. The first-order valence-corrected chi connectivity index (χ1v) is 6.49. The fourth-order valence-corrected chi connectivity index (χ4v) is 3.52. The average molecular weight is 208 g/mol. The minimum absolute atomic E-state index is 1.26. The van der Waals surface area contributed by atoms with Crippen LogP contribution in [0.4, 0.5) is 0 Å². The van der Waals surface area contributed by atoms with Crippen molar-refractivity contribution in [3.05, 3.63) is 46.5 Å². The third kappa shape index (κ3) is 1.05. The Morgan fingerprint density at radius 3 is 1.31 bits per heavy atom. The maximum Gasteiger partial charge on any atom is -0.0114 e. The molecule has 0 amide bonds. The van der Waals surface area contributed by atoms with Crippen molar-refractivity contribution in [1.29, 1.82) is 0 Å². The van der Waals surface area contributed by atoms with Crippen LogP contribution in [0.2, 0.25) is 0 Å². The van der Waals surface area contributed by atoms with Crippen molar-refractivity contribution < 1.29 is 0 Å². The second-order valence-corrected chi connectivity index (χ2v) is 5.22. The lowest BCUT2D eigenvalue weighted by atomic mass is 9.95. The molecule has 0 fully saturated rings. The zero-order chi connectivity index (χ0) is 10.5. The molecule has 2 aromatic rings. The predicted octanol–water partition coefficient (Wildman–Crippen LogP) is 3.82. The highest BCUT2D eigenvalue weighted by Gasteiger charge is 2.19. The fourth-order valence-electron chi connectivity index (χ4n) is 3.52. The van der Waals surface area contributed by atoms with Crippen molar-refractivity contribution in [2.75, 3.05) is 0 Å². The highest BCUT2D eigenvalue weighted by molar-refractivity contribution is 5.95. The summed E-state index contributed by atoms with van der Waals surface area (Å²) in [6.45, 7) is 0. The van der Waals surface area contributed by atoms with Crippen LogP contribution in [-0.4, -0.2) is 0 Å². The zero-order valence-electron chi connectivity index (χ0n) is 9.55. The van der Waals surface area contributed by atoms with Gasteiger partial charge in [-0.1, -0.05) is 24.3 Å². The first kappa shape index (κ1) is 8.81. The number of rotatable bonds is 0. The number of aryl methyl sites for hydroxylation is 4. The van der Waals surface area contributed by atoms with Gasteiger partial charge >= 0.3 is 0 Å². The molecule has 0 N–H and O–H groups in total. The van der Waals surface area contributed by atoms with Crippen LogP contribution in [0.25, 0.3) is 10.8 Å². The lowest BCUT2D eigenvalue weighted by molar-refractivity contribution is 0.752. The highest BCUT2D eigenvalue weighted by atomic mass is 14.2. The highest BCUT2D eigenvalue weighted by Crippen LogP contribution is 2.37. The monoisotopic (exact) mass is 208 g/mol. The minimum Gasteiger partial charge on any atom is -0.0581 e. The zero-order valence-corrected chi connectivity index (χ0v) is 9.55. The average Bonchev–Trinajstić information content (AvgIpc) is 2.62. The lowest BCUT2D eigenvalue weighted by Crippen LogP contribution is -1.90. The third-order valence-electron chi connectivity index (χ3n) is 4.31. The molecule has 0 atom stereocenters. The van der Waals surface area contributed by atoms with E-state index in [0.29, 0.717) is 0 Å². The van der Waals surface area contributed by atoms with Gasteiger partial charge in [-0.2, -0.15) is 0 Å². The molecule has 0 aliphatic heterocycles. The summed E-state index contributed by atoms with van der Waals surface area (Å²) < 4.78 is 0. The van der Waals surface area contributed by atoms with Crippen LogP contribution in [-0.2, 0) is 25.7 Å². The van der Waals surface area contributed by atoms with Gasteiger partial charge in [0.05, 0.1) is 0 Å². The van der Waals surface area contributed by atoms with E-state index < -0.39 is 0 Å². The molecule has 16 heavy (non-hydrogen) atoms. The molecule has 0 bridgehead atoms. The molecule has 0 unspecified atom stereocenters. The van der Waals surface area contributed by atoms with E-state index in [9.17, 15) is 0 Å². The van der Waals surface area contributed by atoms with E-state index in [1.165, 1.54) is 38.5 Å². The molecule has 0 saturated heterocycles. The normalized spacial score (nSPS) is 17.8. The molecule has 0 radical (unpaired) electrons. The Morgan fingerprint density at radius 1 is 0.500 bits per heavy atom. The minimum atomic E-state index is 1.26. The molecular formula is C16H16. The van der Waals surface area contributed by atoms with E-state index >= 15 is 0 Å². The number of benzene rings is 2. The molecule has 0 spiro atoms. The van der Waals surface area contributed by atoms with E-state index in [4.69, 9.17) is 0 Å². The SMILES string of the molecule is c1cc2c3c(ccc4c3c1CCCC4)CC2. The fraction of sp³-hybridized carbons (Fsp3) is 0.375. The number of hydrogen-bond donors (Lipinski definition) is 0. The predicted molar refractivity (Wildman–Crippen MR) is 68.0 cm³/mol. The van der Waals surface area contributed by atoms with Gasteiger partial charge in [-0.15, -0.1) is 0 Å². The summed E-state index contributed by atoms with van der Waals surface area (Å²) in [5.41, 5.74) is 6.40. The van der Waals surface area contributed by atoms with Crippen LogP contribution in [0.5, 0.6) is 0 Å².